The van der Waals surface area contributed by atoms with Crippen molar-refractivity contribution in [1.82, 2.24) is 15.2 Å². The number of esters is 1. The molecule has 0 amide bonds. The molecular formula is C25H28FN5O4S. The van der Waals surface area contributed by atoms with Gasteiger partial charge in [-0.05, 0) is 44.0 Å². The second-order valence-corrected chi connectivity index (χ2v) is 8.93. The van der Waals surface area contributed by atoms with Crippen LogP contribution in [-0.4, -0.2) is 58.5 Å². The number of halogens is 1. The summed E-state index contributed by atoms with van der Waals surface area (Å²) in [4.78, 5) is 36.1. The van der Waals surface area contributed by atoms with Gasteiger partial charge in [0.05, 0.1) is 23.8 Å². The number of benzene rings is 1. The first kappa shape index (κ1) is 27.0. The molecule has 2 atom stereocenters. The maximum absolute atomic E-state index is 13.9. The third-order valence-electron chi connectivity index (χ3n) is 5.67. The number of aromatic nitrogens is 1. The van der Waals surface area contributed by atoms with Crippen molar-refractivity contribution in [2.24, 2.45) is 4.99 Å². The second kappa shape index (κ2) is 12.4. The number of carboxylic acid groups (broad SMARTS) is 1. The summed E-state index contributed by atoms with van der Waals surface area (Å²) < 4.78 is 19.3. The Balaban J connectivity index is 2.23. The Bertz CT molecular complexity index is 1210. The molecule has 1 aliphatic rings. The van der Waals surface area contributed by atoms with Gasteiger partial charge >= 0.3 is 11.9 Å². The van der Waals surface area contributed by atoms with Crippen LogP contribution in [0.2, 0.25) is 0 Å². The van der Waals surface area contributed by atoms with Crippen molar-refractivity contribution in [1.29, 1.82) is 5.26 Å². The Morgan fingerprint density at radius 2 is 2.14 bits per heavy atom. The molecule has 3 rings (SSSR count). The number of nitriles is 1. The molecule has 190 valence electrons. The molecule has 0 bridgehead atoms. The Hall–Kier alpha value is -3.62. The lowest BCUT2D eigenvalue weighted by molar-refractivity contribution is -0.143. The highest BCUT2D eigenvalue weighted by atomic mass is 32.1. The van der Waals surface area contributed by atoms with Gasteiger partial charge in [-0.15, -0.1) is 11.3 Å². The molecule has 11 heteroatoms. The van der Waals surface area contributed by atoms with E-state index >= 15 is 0 Å². The average Bonchev–Trinajstić information content (AvgIpc) is 3.39. The molecular weight excluding hydrogens is 485 g/mol. The standard InChI is InChI=1S/C25H28FN5O4S/c1-4-10-31(19(5-2)24(32)33)14-18-20(25(34)35-6-3)21(17-8-7-16(26)12-15(17)13-27)30-22(29-18)23-28-9-11-36-23/h7-9,11-12,19,21H,4-6,10,14H2,1-3H3,(H,29,30)(H,32,33)/t19-,21?/m0/s1. The highest BCUT2D eigenvalue weighted by Gasteiger charge is 2.36. The SMILES string of the molecule is CCCN(CC1=C(C(=O)OCC)C(c2ccc(F)cc2C#N)N=C(c2nccs2)N1)[C@@H](CC)C(=O)O. The topological polar surface area (TPSA) is 128 Å². The van der Waals surface area contributed by atoms with Gasteiger partial charge in [-0.3, -0.25) is 14.7 Å². The summed E-state index contributed by atoms with van der Waals surface area (Å²) in [5.41, 5.74) is 0.914. The minimum Gasteiger partial charge on any atom is -0.480 e. The average molecular weight is 514 g/mol. The number of rotatable bonds is 11. The molecule has 1 aromatic heterocycles. The third kappa shape index (κ3) is 5.95. The fourth-order valence-corrected chi connectivity index (χ4v) is 4.72. The minimum atomic E-state index is -0.983. The van der Waals surface area contributed by atoms with Crippen LogP contribution in [0.1, 0.15) is 55.8 Å². The summed E-state index contributed by atoms with van der Waals surface area (Å²) in [6.07, 6.45) is 2.67. The summed E-state index contributed by atoms with van der Waals surface area (Å²) in [5.74, 6) is -1.83. The van der Waals surface area contributed by atoms with E-state index < -0.39 is 29.8 Å². The molecule has 0 saturated heterocycles. The number of aliphatic carboxylic acids is 1. The fourth-order valence-electron chi connectivity index (χ4n) is 4.13. The Labute approximate surface area is 212 Å². The molecule has 0 spiro atoms. The highest BCUT2D eigenvalue weighted by molar-refractivity contribution is 7.11. The summed E-state index contributed by atoms with van der Waals surface area (Å²) in [5, 5.41) is 25.0. The summed E-state index contributed by atoms with van der Waals surface area (Å²) in [6, 6.07) is 3.96. The van der Waals surface area contributed by atoms with E-state index in [-0.39, 0.29) is 24.3 Å². The Kier molecular flexibility index (Phi) is 9.27. The van der Waals surface area contributed by atoms with Crippen LogP contribution >= 0.6 is 11.3 Å². The number of amidine groups is 1. The number of nitrogens with one attached hydrogen (secondary N) is 1. The number of hydrogen-bond donors (Lipinski definition) is 2. The monoisotopic (exact) mass is 513 g/mol. The normalized spacial score (nSPS) is 16.2. The number of carbonyl (C=O) groups is 2. The molecule has 0 saturated carbocycles. The molecule has 2 N–H and O–H groups in total. The van der Waals surface area contributed by atoms with Crippen molar-refractivity contribution in [3.63, 3.8) is 0 Å². The minimum absolute atomic E-state index is 0.0349. The molecule has 0 radical (unpaired) electrons. The van der Waals surface area contributed by atoms with Crippen molar-refractivity contribution >= 4 is 29.1 Å². The van der Waals surface area contributed by atoms with E-state index in [1.54, 1.807) is 30.3 Å². The second-order valence-electron chi connectivity index (χ2n) is 8.03. The lowest BCUT2D eigenvalue weighted by atomic mass is 9.92. The van der Waals surface area contributed by atoms with Crippen molar-refractivity contribution < 1.29 is 23.8 Å². The van der Waals surface area contributed by atoms with Crippen LogP contribution < -0.4 is 5.32 Å². The predicted molar refractivity (Wildman–Crippen MR) is 133 cm³/mol. The molecule has 1 aliphatic heterocycles. The van der Waals surface area contributed by atoms with E-state index in [1.807, 2.05) is 13.0 Å². The van der Waals surface area contributed by atoms with Gasteiger partial charge in [0.1, 0.15) is 17.9 Å². The van der Waals surface area contributed by atoms with Crippen LogP contribution in [0, 0.1) is 17.1 Å². The van der Waals surface area contributed by atoms with Gasteiger partial charge in [-0.25, -0.2) is 14.2 Å². The molecule has 2 heterocycles. The zero-order valence-electron chi connectivity index (χ0n) is 20.3. The molecule has 0 fully saturated rings. The number of hydrogen-bond acceptors (Lipinski definition) is 9. The van der Waals surface area contributed by atoms with Crippen LogP contribution in [0.3, 0.4) is 0 Å². The van der Waals surface area contributed by atoms with Gasteiger partial charge in [-0.2, -0.15) is 5.26 Å². The maximum Gasteiger partial charge on any atom is 0.338 e. The maximum atomic E-state index is 13.9. The van der Waals surface area contributed by atoms with E-state index in [2.05, 4.69) is 10.3 Å². The summed E-state index contributed by atoms with van der Waals surface area (Å²) >= 11 is 1.33. The third-order valence-corrected chi connectivity index (χ3v) is 6.45. The van der Waals surface area contributed by atoms with Crippen molar-refractivity contribution in [3.05, 3.63) is 63.0 Å². The molecule has 36 heavy (non-hydrogen) atoms. The fraction of sp³-hybridized carbons (Fsp3) is 0.400. The van der Waals surface area contributed by atoms with Gasteiger partial charge in [0, 0.05) is 23.8 Å². The van der Waals surface area contributed by atoms with Gasteiger partial charge in [0.15, 0.2) is 10.8 Å². The number of ether oxygens (including phenoxy) is 1. The first-order chi connectivity index (χ1) is 17.3. The van der Waals surface area contributed by atoms with E-state index in [4.69, 9.17) is 9.73 Å². The smallest absolute Gasteiger partial charge is 0.338 e. The largest absolute Gasteiger partial charge is 0.480 e. The lowest BCUT2D eigenvalue weighted by Gasteiger charge is -2.33. The number of nitrogens with zero attached hydrogens (tertiary/aromatic N) is 4. The molecule has 9 nitrogen and oxygen atoms in total. The lowest BCUT2D eigenvalue weighted by Crippen LogP contribution is -2.46. The Morgan fingerprint density at radius 1 is 1.36 bits per heavy atom. The highest BCUT2D eigenvalue weighted by Crippen LogP contribution is 2.35. The number of carboxylic acids is 1. The van der Waals surface area contributed by atoms with Crippen LogP contribution in [0.25, 0.3) is 0 Å². The van der Waals surface area contributed by atoms with Gasteiger partial charge in [0.25, 0.3) is 0 Å². The molecule has 0 aliphatic carbocycles. The molecule has 2 aromatic rings. The summed E-state index contributed by atoms with van der Waals surface area (Å²) in [7, 11) is 0. The summed E-state index contributed by atoms with van der Waals surface area (Å²) in [6.45, 7) is 6.08. The first-order valence-electron chi connectivity index (χ1n) is 11.7. The van der Waals surface area contributed by atoms with E-state index in [9.17, 15) is 24.3 Å². The van der Waals surface area contributed by atoms with Crippen LogP contribution in [0.5, 0.6) is 0 Å². The van der Waals surface area contributed by atoms with Crippen molar-refractivity contribution in [2.75, 3.05) is 19.7 Å². The van der Waals surface area contributed by atoms with Crippen LogP contribution in [0.15, 0.2) is 46.0 Å². The molecule has 1 aromatic carbocycles. The van der Waals surface area contributed by atoms with Gasteiger partial charge < -0.3 is 15.2 Å². The Morgan fingerprint density at radius 3 is 2.72 bits per heavy atom. The zero-order valence-corrected chi connectivity index (χ0v) is 21.1. The quantitative estimate of drug-likeness (QED) is 0.436. The van der Waals surface area contributed by atoms with Crippen molar-refractivity contribution in [2.45, 2.75) is 45.7 Å². The first-order valence-corrected chi connectivity index (χ1v) is 12.5. The predicted octanol–water partition coefficient (Wildman–Crippen LogP) is 3.64. The van der Waals surface area contributed by atoms with Crippen molar-refractivity contribution in [3.8, 4) is 6.07 Å². The number of aliphatic imine (C=N–C) groups is 1. The van der Waals surface area contributed by atoms with E-state index in [0.29, 0.717) is 41.5 Å². The number of thiazole rings is 1. The van der Waals surface area contributed by atoms with Crippen LogP contribution in [0.4, 0.5) is 4.39 Å². The van der Waals surface area contributed by atoms with Crippen LogP contribution in [-0.2, 0) is 14.3 Å². The number of carbonyl (C=O) groups excluding carboxylic acids is 1. The molecule has 1 unspecified atom stereocenters. The van der Waals surface area contributed by atoms with Gasteiger partial charge in [-0.1, -0.05) is 19.9 Å². The van der Waals surface area contributed by atoms with E-state index in [0.717, 1.165) is 6.07 Å². The van der Waals surface area contributed by atoms with Gasteiger partial charge in [0.2, 0.25) is 0 Å². The zero-order chi connectivity index (χ0) is 26.2. The van der Waals surface area contributed by atoms with E-state index in [1.165, 1.54) is 23.5 Å².